The van der Waals surface area contributed by atoms with Gasteiger partial charge in [-0.1, -0.05) is 60.7 Å². The molecule has 0 radical (unpaired) electrons. The van der Waals surface area contributed by atoms with Crippen LogP contribution in [-0.2, 0) is 17.8 Å². The minimum absolute atomic E-state index is 0.159. The molecular formula is C26H25N3O3. The summed E-state index contributed by atoms with van der Waals surface area (Å²) in [5.41, 5.74) is 2.19. The molecule has 1 heterocycles. The van der Waals surface area contributed by atoms with Gasteiger partial charge in [-0.25, -0.2) is 4.79 Å². The molecular weight excluding hydrogens is 402 g/mol. The number of nitrogens with zero attached hydrogens (tertiary/aromatic N) is 1. The van der Waals surface area contributed by atoms with Gasteiger partial charge < -0.3 is 10.6 Å². The van der Waals surface area contributed by atoms with Gasteiger partial charge in [-0.15, -0.1) is 0 Å². The first-order valence-electron chi connectivity index (χ1n) is 10.6. The Morgan fingerprint density at radius 3 is 2.16 bits per heavy atom. The highest BCUT2D eigenvalue weighted by molar-refractivity contribution is 6.07. The Balaban J connectivity index is 1.38. The van der Waals surface area contributed by atoms with Crippen molar-refractivity contribution in [2.45, 2.75) is 31.8 Å². The fraction of sp³-hybridized carbons (Fsp3) is 0.192. The number of rotatable bonds is 7. The second-order valence-electron chi connectivity index (χ2n) is 8.16. The molecule has 0 bridgehead atoms. The van der Waals surface area contributed by atoms with E-state index < -0.39 is 11.6 Å². The molecule has 0 unspecified atom stereocenters. The summed E-state index contributed by atoms with van der Waals surface area (Å²) in [4.78, 5) is 39.2. The molecule has 32 heavy (non-hydrogen) atoms. The van der Waals surface area contributed by atoms with E-state index in [4.69, 9.17) is 0 Å². The van der Waals surface area contributed by atoms with Gasteiger partial charge in [0.25, 0.3) is 11.8 Å². The summed E-state index contributed by atoms with van der Waals surface area (Å²) in [6, 6.07) is 25.6. The van der Waals surface area contributed by atoms with Crippen LogP contribution in [0, 0.1) is 0 Å². The Hall–Kier alpha value is -3.93. The van der Waals surface area contributed by atoms with E-state index >= 15 is 0 Å². The van der Waals surface area contributed by atoms with Crippen LogP contribution in [0.3, 0.4) is 0 Å². The number of hydrogen-bond donors (Lipinski definition) is 2. The van der Waals surface area contributed by atoms with E-state index in [9.17, 15) is 14.4 Å². The highest BCUT2D eigenvalue weighted by Gasteiger charge is 2.47. The summed E-state index contributed by atoms with van der Waals surface area (Å²) in [6.07, 6.45) is 1.22. The number of nitrogens with one attached hydrogen (secondary N) is 2. The van der Waals surface area contributed by atoms with Gasteiger partial charge in [-0.05, 0) is 55.2 Å². The van der Waals surface area contributed by atoms with Crippen LogP contribution in [0.1, 0.15) is 34.8 Å². The van der Waals surface area contributed by atoms with Crippen LogP contribution in [0.15, 0.2) is 84.9 Å². The summed E-state index contributed by atoms with van der Waals surface area (Å²) < 4.78 is 0. The summed E-state index contributed by atoms with van der Waals surface area (Å²) in [7, 11) is 0. The number of aryl methyl sites for hydroxylation is 1. The van der Waals surface area contributed by atoms with Crippen molar-refractivity contribution in [1.82, 2.24) is 10.2 Å². The van der Waals surface area contributed by atoms with E-state index in [-0.39, 0.29) is 18.4 Å². The van der Waals surface area contributed by atoms with Crippen molar-refractivity contribution in [2.75, 3.05) is 5.32 Å². The first kappa shape index (κ1) is 21.3. The largest absolute Gasteiger partial charge is 0.325 e. The molecule has 162 valence electrons. The molecule has 0 saturated carbocycles. The Bertz CT molecular complexity index is 1110. The SMILES string of the molecule is C[C@]1(CCc2ccccc2)NC(=O)N(Cc2ccc(C(=O)Nc3ccccc3)cc2)C1=O. The van der Waals surface area contributed by atoms with Crippen molar-refractivity contribution in [2.24, 2.45) is 0 Å². The number of carbonyl (C=O) groups excluding carboxylic acids is 3. The standard InChI is InChI=1S/C26H25N3O3/c1-26(17-16-19-8-4-2-5-9-19)24(31)29(25(32)28-26)18-20-12-14-21(15-13-20)23(30)27-22-10-6-3-7-11-22/h2-15H,16-18H2,1H3,(H,27,30)(H,28,32)/t26-/m1/s1. The third kappa shape index (κ3) is 4.70. The third-order valence-corrected chi connectivity index (χ3v) is 5.69. The molecule has 3 aromatic carbocycles. The Labute approximate surface area is 187 Å². The van der Waals surface area contributed by atoms with Crippen LogP contribution in [-0.4, -0.2) is 28.3 Å². The molecule has 0 aliphatic carbocycles. The van der Waals surface area contributed by atoms with Crippen molar-refractivity contribution < 1.29 is 14.4 Å². The molecule has 1 aliphatic rings. The number of amides is 4. The molecule has 4 amide bonds. The van der Waals surface area contributed by atoms with E-state index in [1.165, 1.54) is 4.90 Å². The number of urea groups is 1. The summed E-state index contributed by atoms with van der Waals surface area (Å²) in [6.45, 7) is 1.93. The predicted octanol–water partition coefficient (Wildman–Crippen LogP) is 4.38. The zero-order valence-corrected chi connectivity index (χ0v) is 17.9. The lowest BCUT2D eigenvalue weighted by atomic mass is 9.93. The molecule has 6 nitrogen and oxygen atoms in total. The summed E-state index contributed by atoms with van der Waals surface area (Å²) in [5.74, 6) is -0.449. The van der Waals surface area contributed by atoms with Crippen molar-refractivity contribution in [3.8, 4) is 0 Å². The Morgan fingerprint density at radius 1 is 0.875 bits per heavy atom. The third-order valence-electron chi connectivity index (χ3n) is 5.69. The average molecular weight is 428 g/mol. The van der Waals surface area contributed by atoms with Crippen LogP contribution in [0.25, 0.3) is 0 Å². The Kier molecular flexibility index (Phi) is 6.03. The van der Waals surface area contributed by atoms with Crippen molar-refractivity contribution >= 4 is 23.5 Å². The van der Waals surface area contributed by atoms with Gasteiger partial charge in [0, 0.05) is 11.3 Å². The lowest BCUT2D eigenvalue weighted by molar-refractivity contribution is -0.131. The quantitative estimate of drug-likeness (QED) is 0.549. The summed E-state index contributed by atoms with van der Waals surface area (Å²) >= 11 is 0. The maximum absolute atomic E-state index is 13.0. The molecule has 1 saturated heterocycles. The van der Waals surface area contributed by atoms with Gasteiger partial charge in [0.2, 0.25) is 0 Å². The lowest BCUT2D eigenvalue weighted by Crippen LogP contribution is -2.44. The van der Waals surface area contributed by atoms with E-state index in [1.807, 2.05) is 60.7 Å². The first-order valence-corrected chi connectivity index (χ1v) is 10.6. The summed E-state index contributed by atoms with van der Waals surface area (Å²) in [5, 5.41) is 5.69. The normalized spacial score (nSPS) is 17.8. The zero-order valence-electron chi connectivity index (χ0n) is 17.9. The predicted molar refractivity (Wildman–Crippen MR) is 123 cm³/mol. The van der Waals surface area contributed by atoms with Gasteiger partial charge in [0.1, 0.15) is 5.54 Å². The van der Waals surface area contributed by atoms with Crippen LogP contribution in [0.2, 0.25) is 0 Å². The topological polar surface area (TPSA) is 78.5 Å². The van der Waals surface area contributed by atoms with E-state index in [1.54, 1.807) is 31.2 Å². The maximum atomic E-state index is 13.0. The number of anilines is 1. The minimum Gasteiger partial charge on any atom is -0.323 e. The number of benzene rings is 3. The van der Waals surface area contributed by atoms with E-state index in [2.05, 4.69) is 10.6 Å². The highest BCUT2D eigenvalue weighted by atomic mass is 16.2. The number of para-hydroxylation sites is 1. The second kappa shape index (κ2) is 9.06. The molecule has 1 fully saturated rings. The van der Waals surface area contributed by atoms with Gasteiger partial charge in [0.05, 0.1) is 6.54 Å². The molecule has 1 atom stereocenters. The van der Waals surface area contributed by atoms with E-state index in [0.717, 1.165) is 16.8 Å². The monoisotopic (exact) mass is 427 g/mol. The van der Waals surface area contributed by atoms with Crippen LogP contribution < -0.4 is 10.6 Å². The molecule has 2 N–H and O–H groups in total. The van der Waals surface area contributed by atoms with Crippen molar-refractivity contribution in [3.63, 3.8) is 0 Å². The highest BCUT2D eigenvalue weighted by Crippen LogP contribution is 2.25. The molecule has 4 rings (SSSR count). The van der Waals surface area contributed by atoms with Gasteiger partial charge >= 0.3 is 6.03 Å². The second-order valence-corrected chi connectivity index (χ2v) is 8.16. The van der Waals surface area contributed by atoms with Crippen LogP contribution in [0.5, 0.6) is 0 Å². The molecule has 3 aromatic rings. The van der Waals surface area contributed by atoms with E-state index in [0.29, 0.717) is 18.4 Å². The molecule has 0 aromatic heterocycles. The number of imide groups is 1. The first-order chi connectivity index (χ1) is 15.4. The Morgan fingerprint density at radius 2 is 1.50 bits per heavy atom. The average Bonchev–Trinajstić information content (AvgIpc) is 3.03. The van der Waals surface area contributed by atoms with Crippen LogP contribution >= 0.6 is 0 Å². The molecule has 6 heteroatoms. The fourth-order valence-electron chi connectivity index (χ4n) is 3.77. The lowest BCUT2D eigenvalue weighted by Gasteiger charge is -2.21. The smallest absolute Gasteiger partial charge is 0.323 e. The fourth-order valence-corrected chi connectivity index (χ4v) is 3.77. The van der Waals surface area contributed by atoms with Gasteiger partial charge in [-0.3, -0.25) is 14.5 Å². The van der Waals surface area contributed by atoms with Crippen LogP contribution in [0.4, 0.5) is 10.5 Å². The van der Waals surface area contributed by atoms with Crippen molar-refractivity contribution in [3.05, 3.63) is 102 Å². The zero-order chi connectivity index (χ0) is 22.6. The molecule has 1 aliphatic heterocycles. The minimum atomic E-state index is -0.928. The van der Waals surface area contributed by atoms with Crippen molar-refractivity contribution in [1.29, 1.82) is 0 Å². The maximum Gasteiger partial charge on any atom is 0.325 e. The number of hydrogen-bond acceptors (Lipinski definition) is 3. The molecule has 0 spiro atoms. The number of carbonyl (C=O) groups is 3. The van der Waals surface area contributed by atoms with Gasteiger partial charge in [-0.2, -0.15) is 0 Å². The van der Waals surface area contributed by atoms with Gasteiger partial charge in [0.15, 0.2) is 0 Å².